The van der Waals surface area contributed by atoms with Crippen LogP contribution >= 0.6 is 0 Å². The van der Waals surface area contributed by atoms with Crippen molar-refractivity contribution < 1.29 is 9.26 Å². The van der Waals surface area contributed by atoms with Gasteiger partial charge in [0, 0.05) is 38.1 Å². The SMILES string of the molecule is CC(c1nc(C(C)(C)C)no1)N1CCN(CCOc2ccccc2)CC1. The second-order valence-corrected chi connectivity index (χ2v) is 7.92. The minimum atomic E-state index is -0.0844. The average Bonchev–Trinajstić information content (AvgIpc) is 3.13. The van der Waals surface area contributed by atoms with E-state index in [0.29, 0.717) is 0 Å². The normalized spacial score (nSPS) is 18.0. The van der Waals surface area contributed by atoms with E-state index >= 15 is 0 Å². The number of hydrogen-bond acceptors (Lipinski definition) is 6. The fourth-order valence-corrected chi connectivity index (χ4v) is 3.05. The predicted octanol–water partition coefficient (Wildman–Crippen LogP) is 3.12. The summed E-state index contributed by atoms with van der Waals surface area (Å²) in [5.41, 5.74) is -0.0844. The molecule has 1 aromatic heterocycles. The first-order valence-corrected chi connectivity index (χ1v) is 9.42. The van der Waals surface area contributed by atoms with E-state index in [1.807, 2.05) is 30.3 Å². The zero-order valence-electron chi connectivity index (χ0n) is 16.3. The smallest absolute Gasteiger partial charge is 0.243 e. The molecule has 1 aromatic carbocycles. The molecule has 142 valence electrons. The number of aromatic nitrogens is 2. The lowest BCUT2D eigenvalue weighted by Gasteiger charge is -2.36. The molecule has 1 saturated heterocycles. The van der Waals surface area contributed by atoms with E-state index in [-0.39, 0.29) is 11.5 Å². The maximum atomic E-state index is 5.80. The second kappa shape index (κ2) is 8.18. The Morgan fingerprint density at radius 1 is 1.12 bits per heavy atom. The maximum Gasteiger partial charge on any atom is 0.243 e. The molecule has 1 unspecified atom stereocenters. The summed E-state index contributed by atoms with van der Waals surface area (Å²) in [6, 6.07) is 10.1. The number of hydrogen-bond donors (Lipinski definition) is 0. The third-order valence-electron chi connectivity index (χ3n) is 4.84. The Labute approximate surface area is 156 Å². The number of para-hydroxylation sites is 1. The molecule has 0 aliphatic carbocycles. The Bertz CT molecular complexity index is 673. The average molecular weight is 358 g/mol. The molecule has 6 heteroatoms. The minimum absolute atomic E-state index is 0.0844. The quantitative estimate of drug-likeness (QED) is 0.791. The van der Waals surface area contributed by atoms with Crippen molar-refractivity contribution in [1.29, 1.82) is 0 Å². The van der Waals surface area contributed by atoms with Gasteiger partial charge in [-0.2, -0.15) is 4.98 Å². The molecule has 6 nitrogen and oxygen atoms in total. The van der Waals surface area contributed by atoms with Crippen LogP contribution in [-0.2, 0) is 5.41 Å². The van der Waals surface area contributed by atoms with Crippen molar-refractivity contribution in [2.24, 2.45) is 0 Å². The zero-order valence-corrected chi connectivity index (χ0v) is 16.3. The van der Waals surface area contributed by atoms with E-state index in [9.17, 15) is 0 Å². The van der Waals surface area contributed by atoms with Crippen LogP contribution in [0.5, 0.6) is 5.75 Å². The van der Waals surface area contributed by atoms with Crippen LogP contribution in [0.1, 0.15) is 45.5 Å². The standard InChI is InChI=1S/C20H30N4O2/c1-16(18-21-19(22-26-18)20(2,3)4)24-12-10-23(11-13-24)14-15-25-17-8-6-5-7-9-17/h5-9,16H,10-15H2,1-4H3. The van der Waals surface area contributed by atoms with E-state index in [1.54, 1.807) is 0 Å². The Balaban J connectivity index is 1.43. The van der Waals surface area contributed by atoms with Gasteiger partial charge in [-0.05, 0) is 19.1 Å². The van der Waals surface area contributed by atoms with Gasteiger partial charge in [0.05, 0.1) is 6.04 Å². The number of ether oxygens (including phenoxy) is 1. The van der Waals surface area contributed by atoms with Crippen LogP contribution in [0.4, 0.5) is 0 Å². The summed E-state index contributed by atoms with van der Waals surface area (Å²) < 4.78 is 11.3. The van der Waals surface area contributed by atoms with Gasteiger partial charge in [0.25, 0.3) is 0 Å². The molecule has 0 amide bonds. The largest absolute Gasteiger partial charge is 0.492 e. The monoisotopic (exact) mass is 358 g/mol. The summed E-state index contributed by atoms with van der Waals surface area (Å²) in [6.07, 6.45) is 0. The third kappa shape index (κ3) is 4.83. The van der Waals surface area contributed by atoms with Crippen LogP contribution < -0.4 is 4.74 Å². The summed E-state index contributed by atoms with van der Waals surface area (Å²) in [5.74, 6) is 2.43. The van der Waals surface area contributed by atoms with E-state index in [0.717, 1.165) is 56.8 Å². The van der Waals surface area contributed by atoms with Gasteiger partial charge < -0.3 is 9.26 Å². The first kappa shape index (κ1) is 18.9. The molecular formula is C20H30N4O2. The summed E-state index contributed by atoms with van der Waals surface area (Å²) in [7, 11) is 0. The van der Waals surface area contributed by atoms with Gasteiger partial charge in [-0.1, -0.05) is 44.1 Å². The third-order valence-corrected chi connectivity index (χ3v) is 4.84. The first-order chi connectivity index (χ1) is 12.4. The molecule has 26 heavy (non-hydrogen) atoms. The Hall–Kier alpha value is -1.92. The fourth-order valence-electron chi connectivity index (χ4n) is 3.05. The minimum Gasteiger partial charge on any atom is -0.492 e. The summed E-state index contributed by atoms with van der Waals surface area (Å²) in [6.45, 7) is 14.2. The van der Waals surface area contributed by atoms with Crippen LogP contribution in [0.3, 0.4) is 0 Å². The van der Waals surface area contributed by atoms with E-state index in [2.05, 4.69) is 47.6 Å². The van der Waals surface area contributed by atoms with Gasteiger partial charge in [-0.25, -0.2) is 0 Å². The van der Waals surface area contributed by atoms with Gasteiger partial charge >= 0.3 is 0 Å². The zero-order chi connectivity index (χ0) is 18.6. The van der Waals surface area contributed by atoms with Crippen LogP contribution in [0.15, 0.2) is 34.9 Å². The molecule has 0 radical (unpaired) electrons. The summed E-state index contributed by atoms with van der Waals surface area (Å²) in [4.78, 5) is 9.46. The Kier molecular flexibility index (Phi) is 5.94. The van der Waals surface area contributed by atoms with Crippen molar-refractivity contribution in [3.63, 3.8) is 0 Å². The van der Waals surface area contributed by atoms with Crippen LogP contribution in [0.25, 0.3) is 0 Å². The predicted molar refractivity (Wildman–Crippen MR) is 101 cm³/mol. The molecular weight excluding hydrogens is 328 g/mol. The van der Waals surface area contributed by atoms with Gasteiger partial charge in [-0.15, -0.1) is 0 Å². The lowest BCUT2D eigenvalue weighted by molar-refractivity contribution is 0.0800. The van der Waals surface area contributed by atoms with E-state index in [1.165, 1.54) is 0 Å². The molecule has 0 saturated carbocycles. The summed E-state index contributed by atoms with van der Waals surface area (Å²) >= 11 is 0. The van der Waals surface area contributed by atoms with Crippen LogP contribution in [-0.4, -0.2) is 59.3 Å². The Morgan fingerprint density at radius 2 is 1.81 bits per heavy atom. The fraction of sp³-hybridized carbons (Fsp3) is 0.600. The molecule has 3 rings (SSSR count). The lowest BCUT2D eigenvalue weighted by atomic mass is 9.96. The second-order valence-electron chi connectivity index (χ2n) is 7.92. The molecule has 0 N–H and O–H groups in total. The number of benzene rings is 1. The molecule has 1 aliphatic heterocycles. The highest BCUT2D eigenvalue weighted by Crippen LogP contribution is 2.24. The van der Waals surface area contributed by atoms with Crippen LogP contribution in [0.2, 0.25) is 0 Å². The van der Waals surface area contributed by atoms with Gasteiger partial charge in [0.2, 0.25) is 5.89 Å². The van der Waals surface area contributed by atoms with Crippen molar-refractivity contribution in [2.45, 2.75) is 39.2 Å². The molecule has 1 fully saturated rings. The van der Waals surface area contributed by atoms with Gasteiger partial charge in [0.1, 0.15) is 12.4 Å². The first-order valence-electron chi connectivity index (χ1n) is 9.42. The molecule has 0 spiro atoms. The molecule has 2 heterocycles. The lowest BCUT2D eigenvalue weighted by Crippen LogP contribution is -2.48. The maximum absolute atomic E-state index is 5.80. The number of piperazine rings is 1. The molecule has 2 aromatic rings. The highest BCUT2D eigenvalue weighted by Gasteiger charge is 2.28. The summed E-state index contributed by atoms with van der Waals surface area (Å²) in [5, 5.41) is 4.15. The van der Waals surface area contributed by atoms with Crippen LogP contribution in [0, 0.1) is 0 Å². The van der Waals surface area contributed by atoms with Gasteiger partial charge in [0.15, 0.2) is 5.82 Å². The van der Waals surface area contributed by atoms with Crippen molar-refractivity contribution in [3.05, 3.63) is 42.0 Å². The number of rotatable bonds is 6. The van der Waals surface area contributed by atoms with E-state index in [4.69, 9.17) is 9.26 Å². The topological polar surface area (TPSA) is 54.6 Å². The van der Waals surface area contributed by atoms with E-state index < -0.39 is 0 Å². The van der Waals surface area contributed by atoms with Crippen molar-refractivity contribution in [2.75, 3.05) is 39.3 Å². The van der Waals surface area contributed by atoms with Gasteiger partial charge in [-0.3, -0.25) is 9.80 Å². The molecule has 0 bridgehead atoms. The highest BCUT2D eigenvalue weighted by atomic mass is 16.5. The Morgan fingerprint density at radius 3 is 2.42 bits per heavy atom. The molecule has 1 aliphatic rings. The molecule has 1 atom stereocenters. The van der Waals surface area contributed by atoms with Crippen molar-refractivity contribution in [1.82, 2.24) is 19.9 Å². The highest BCUT2D eigenvalue weighted by molar-refractivity contribution is 5.20. The number of nitrogens with zero attached hydrogens (tertiary/aromatic N) is 4. The van der Waals surface area contributed by atoms with Crippen molar-refractivity contribution in [3.8, 4) is 5.75 Å². The van der Waals surface area contributed by atoms with Crippen molar-refractivity contribution >= 4 is 0 Å².